The van der Waals surface area contributed by atoms with Gasteiger partial charge in [0.25, 0.3) is 0 Å². The van der Waals surface area contributed by atoms with Gasteiger partial charge in [0.2, 0.25) is 5.91 Å². The smallest absolute Gasteiger partial charge is 0.245 e. The number of ether oxygens (including phenoxy) is 1. The standard InChI is InChI=1S/C13H26N2O2/c1-2-9-15-12(16)10-17-11-13(14)7-5-3-4-6-8-13/h2-11,14H2,1H3,(H,15,16). The van der Waals surface area contributed by atoms with Crippen LogP contribution in [0.15, 0.2) is 0 Å². The van der Waals surface area contributed by atoms with Crippen molar-refractivity contribution in [1.82, 2.24) is 5.32 Å². The van der Waals surface area contributed by atoms with E-state index in [4.69, 9.17) is 10.5 Å². The van der Waals surface area contributed by atoms with Crippen molar-refractivity contribution in [3.63, 3.8) is 0 Å². The van der Waals surface area contributed by atoms with Crippen LogP contribution in [0.5, 0.6) is 0 Å². The molecule has 3 N–H and O–H groups in total. The number of nitrogens with one attached hydrogen (secondary N) is 1. The average molecular weight is 242 g/mol. The van der Waals surface area contributed by atoms with Crippen LogP contribution in [-0.4, -0.2) is 31.2 Å². The lowest BCUT2D eigenvalue weighted by Gasteiger charge is -2.27. The van der Waals surface area contributed by atoms with Crippen LogP contribution in [0.4, 0.5) is 0 Å². The van der Waals surface area contributed by atoms with Crippen LogP contribution < -0.4 is 11.1 Å². The number of hydrogen-bond acceptors (Lipinski definition) is 3. The van der Waals surface area contributed by atoms with E-state index in [0.29, 0.717) is 6.61 Å². The SMILES string of the molecule is CCCNC(=O)COCC1(N)CCCCCC1. The van der Waals surface area contributed by atoms with Crippen LogP contribution in [0.1, 0.15) is 51.9 Å². The second kappa shape index (κ2) is 7.67. The van der Waals surface area contributed by atoms with E-state index in [-0.39, 0.29) is 18.1 Å². The molecule has 1 amide bonds. The van der Waals surface area contributed by atoms with Crippen LogP contribution in [0, 0.1) is 0 Å². The number of rotatable bonds is 6. The molecule has 0 aliphatic heterocycles. The lowest BCUT2D eigenvalue weighted by Crippen LogP contribution is -2.44. The van der Waals surface area contributed by atoms with Gasteiger partial charge in [-0.3, -0.25) is 4.79 Å². The van der Waals surface area contributed by atoms with Gasteiger partial charge in [-0.2, -0.15) is 0 Å². The predicted octanol–water partition coefficient (Wildman–Crippen LogP) is 1.58. The Morgan fingerprint density at radius 3 is 2.53 bits per heavy atom. The topological polar surface area (TPSA) is 64.3 Å². The molecule has 0 aromatic carbocycles. The first kappa shape index (κ1) is 14.5. The maximum atomic E-state index is 11.3. The first-order valence-corrected chi connectivity index (χ1v) is 6.80. The van der Waals surface area contributed by atoms with Crippen molar-refractivity contribution >= 4 is 5.91 Å². The summed E-state index contributed by atoms with van der Waals surface area (Å²) in [6.07, 6.45) is 7.90. The predicted molar refractivity (Wildman–Crippen MR) is 68.7 cm³/mol. The molecule has 0 saturated heterocycles. The summed E-state index contributed by atoms with van der Waals surface area (Å²) in [7, 11) is 0. The summed E-state index contributed by atoms with van der Waals surface area (Å²) in [6.45, 7) is 3.39. The van der Waals surface area contributed by atoms with E-state index >= 15 is 0 Å². The highest BCUT2D eigenvalue weighted by Crippen LogP contribution is 2.24. The van der Waals surface area contributed by atoms with Gasteiger partial charge in [-0.1, -0.05) is 32.6 Å². The summed E-state index contributed by atoms with van der Waals surface area (Å²) in [5.41, 5.74) is 6.08. The molecule has 1 rings (SSSR count). The highest BCUT2D eigenvalue weighted by atomic mass is 16.5. The zero-order valence-corrected chi connectivity index (χ0v) is 11.0. The number of nitrogens with two attached hydrogens (primary N) is 1. The van der Waals surface area contributed by atoms with Crippen molar-refractivity contribution < 1.29 is 9.53 Å². The first-order valence-electron chi connectivity index (χ1n) is 6.80. The molecule has 0 unspecified atom stereocenters. The summed E-state index contributed by atoms with van der Waals surface area (Å²) in [5.74, 6) is -0.0379. The molecule has 0 heterocycles. The Labute approximate surface area is 104 Å². The van der Waals surface area contributed by atoms with Gasteiger partial charge in [-0.15, -0.1) is 0 Å². The molecular weight excluding hydrogens is 216 g/mol. The fraction of sp³-hybridized carbons (Fsp3) is 0.923. The molecule has 0 spiro atoms. The monoisotopic (exact) mass is 242 g/mol. The third-order valence-electron chi connectivity index (χ3n) is 3.29. The van der Waals surface area contributed by atoms with Gasteiger partial charge in [0.15, 0.2) is 0 Å². The maximum absolute atomic E-state index is 11.3. The Hall–Kier alpha value is -0.610. The van der Waals surface area contributed by atoms with E-state index in [1.165, 1.54) is 25.7 Å². The zero-order valence-electron chi connectivity index (χ0n) is 11.0. The Balaban J connectivity index is 2.17. The Morgan fingerprint density at radius 1 is 1.29 bits per heavy atom. The van der Waals surface area contributed by atoms with Crippen LogP contribution in [0.3, 0.4) is 0 Å². The van der Waals surface area contributed by atoms with Gasteiger partial charge in [-0.05, 0) is 19.3 Å². The normalized spacial score (nSPS) is 19.6. The first-order chi connectivity index (χ1) is 8.16. The molecular formula is C13H26N2O2. The fourth-order valence-electron chi connectivity index (χ4n) is 2.24. The minimum absolute atomic E-state index is 0.0379. The molecule has 1 aliphatic rings. The quantitative estimate of drug-likeness (QED) is 0.695. The lowest BCUT2D eigenvalue weighted by atomic mass is 9.93. The summed E-state index contributed by atoms with van der Waals surface area (Å²) < 4.78 is 5.45. The summed E-state index contributed by atoms with van der Waals surface area (Å²) in [6, 6.07) is 0. The zero-order chi connectivity index (χ0) is 12.6. The van der Waals surface area contributed by atoms with E-state index in [2.05, 4.69) is 5.32 Å². The highest BCUT2D eigenvalue weighted by Gasteiger charge is 2.26. The molecule has 0 atom stereocenters. The molecule has 4 nitrogen and oxygen atoms in total. The van der Waals surface area contributed by atoms with Gasteiger partial charge >= 0.3 is 0 Å². The van der Waals surface area contributed by atoms with Crippen molar-refractivity contribution in [1.29, 1.82) is 0 Å². The van der Waals surface area contributed by atoms with Crippen LogP contribution in [-0.2, 0) is 9.53 Å². The van der Waals surface area contributed by atoms with Gasteiger partial charge in [0.05, 0.1) is 6.61 Å². The van der Waals surface area contributed by atoms with Gasteiger partial charge in [-0.25, -0.2) is 0 Å². The number of carbonyl (C=O) groups excluding carboxylic acids is 1. The van der Waals surface area contributed by atoms with Crippen molar-refractivity contribution in [2.24, 2.45) is 5.73 Å². The van der Waals surface area contributed by atoms with E-state index in [9.17, 15) is 4.79 Å². The number of amides is 1. The van der Waals surface area contributed by atoms with Gasteiger partial charge < -0.3 is 15.8 Å². The Morgan fingerprint density at radius 2 is 1.94 bits per heavy atom. The molecule has 0 radical (unpaired) electrons. The highest BCUT2D eigenvalue weighted by molar-refractivity contribution is 5.77. The maximum Gasteiger partial charge on any atom is 0.245 e. The Bertz CT molecular complexity index is 223. The molecule has 100 valence electrons. The molecule has 17 heavy (non-hydrogen) atoms. The van der Waals surface area contributed by atoms with Gasteiger partial charge in [0.1, 0.15) is 6.61 Å². The molecule has 0 aromatic rings. The number of carbonyl (C=O) groups is 1. The molecule has 0 bridgehead atoms. The largest absolute Gasteiger partial charge is 0.370 e. The fourth-order valence-corrected chi connectivity index (χ4v) is 2.24. The third kappa shape index (κ3) is 6.03. The van der Waals surface area contributed by atoms with Crippen LogP contribution in [0.25, 0.3) is 0 Å². The van der Waals surface area contributed by atoms with Crippen molar-refractivity contribution in [3.8, 4) is 0 Å². The summed E-state index contributed by atoms with van der Waals surface area (Å²) in [5, 5.41) is 2.79. The second-order valence-corrected chi connectivity index (χ2v) is 5.12. The minimum atomic E-state index is -0.207. The Kier molecular flexibility index (Phi) is 6.52. The molecule has 0 aromatic heterocycles. The van der Waals surface area contributed by atoms with E-state index in [0.717, 1.165) is 25.8 Å². The average Bonchev–Trinajstić information content (AvgIpc) is 2.52. The second-order valence-electron chi connectivity index (χ2n) is 5.12. The lowest BCUT2D eigenvalue weighted by molar-refractivity contribution is -0.126. The summed E-state index contributed by atoms with van der Waals surface area (Å²) in [4.78, 5) is 11.3. The van der Waals surface area contributed by atoms with Crippen molar-refractivity contribution in [2.45, 2.75) is 57.4 Å². The van der Waals surface area contributed by atoms with Gasteiger partial charge in [0, 0.05) is 12.1 Å². The number of hydrogen-bond donors (Lipinski definition) is 2. The molecule has 4 heteroatoms. The van der Waals surface area contributed by atoms with E-state index in [1.54, 1.807) is 0 Å². The molecule has 1 fully saturated rings. The van der Waals surface area contributed by atoms with Crippen molar-refractivity contribution in [2.75, 3.05) is 19.8 Å². The van der Waals surface area contributed by atoms with Crippen molar-refractivity contribution in [3.05, 3.63) is 0 Å². The van der Waals surface area contributed by atoms with E-state index in [1.807, 2.05) is 6.92 Å². The molecule has 1 aliphatic carbocycles. The van der Waals surface area contributed by atoms with Crippen LogP contribution in [0.2, 0.25) is 0 Å². The molecule has 1 saturated carbocycles. The minimum Gasteiger partial charge on any atom is -0.370 e. The van der Waals surface area contributed by atoms with E-state index < -0.39 is 0 Å². The van der Waals surface area contributed by atoms with Crippen LogP contribution >= 0.6 is 0 Å². The third-order valence-corrected chi connectivity index (χ3v) is 3.29. The summed E-state index contributed by atoms with van der Waals surface area (Å²) >= 11 is 0.